The molecule has 154 valence electrons. The molecule has 1 N–H and O–H groups in total. The normalized spacial score (nSPS) is 11.7. The highest BCUT2D eigenvalue weighted by Crippen LogP contribution is 2.23. The van der Waals surface area contributed by atoms with Gasteiger partial charge in [0, 0.05) is 12.0 Å². The predicted molar refractivity (Wildman–Crippen MR) is 111 cm³/mol. The number of hydrogen-bond donors (Lipinski definition) is 1. The number of rotatable bonds is 8. The van der Waals surface area contributed by atoms with Crippen molar-refractivity contribution in [3.05, 3.63) is 83.7 Å². The van der Waals surface area contributed by atoms with Gasteiger partial charge in [-0.2, -0.15) is 0 Å². The van der Waals surface area contributed by atoms with E-state index in [0.29, 0.717) is 5.56 Å². The van der Waals surface area contributed by atoms with Crippen molar-refractivity contribution in [2.75, 3.05) is 6.61 Å². The Kier molecular flexibility index (Phi) is 6.91. The minimum atomic E-state index is -0.640. The van der Waals surface area contributed by atoms with Gasteiger partial charge in [0.05, 0.1) is 12.5 Å². The molecule has 0 spiro atoms. The number of benzene rings is 3. The third-order valence-corrected chi connectivity index (χ3v) is 4.75. The second-order valence-corrected chi connectivity index (χ2v) is 6.95. The van der Waals surface area contributed by atoms with E-state index in [1.807, 2.05) is 49.4 Å². The van der Waals surface area contributed by atoms with Crippen molar-refractivity contribution in [1.82, 2.24) is 5.32 Å². The monoisotopic (exact) mass is 407 g/mol. The highest BCUT2D eigenvalue weighted by molar-refractivity contribution is 5.97. The molecule has 0 radical (unpaired) electrons. The maximum absolute atomic E-state index is 12.9. The summed E-state index contributed by atoms with van der Waals surface area (Å²) in [5, 5.41) is 4.94. The zero-order chi connectivity index (χ0) is 21.5. The van der Waals surface area contributed by atoms with Crippen LogP contribution in [0.3, 0.4) is 0 Å². The fourth-order valence-electron chi connectivity index (χ4n) is 3.20. The van der Waals surface area contributed by atoms with E-state index < -0.39 is 24.3 Å². The lowest BCUT2D eigenvalue weighted by molar-refractivity contribution is -0.148. The van der Waals surface area contributed by atoms with Gasteiger partial charge in [-0.1, -0.05) is 42.5 Å². The lowest BCUT2D eigenvalue weighted by atomic mass is 10.00. The summed E-state index contributed by atoms with van der Waals surface area (Å²) in [6.45, 7) is 1.45. The Labute approximate surface area is 173 Å². The molecule has 30 heavy (non-hydrogen) atoms. The number of nitrogens with one attached hydrogen (secondary N) is 1. The molecule has 0 unspecified atom stereocenters. The number of ether oxygens (including phenoxy) is 1. The maximum atomic E-state index is 12.9. The lowest BCUT2D eigenvalue weighted by Gasteiger charge is -2.16. The number of carbonyl (C=O) groups is 3. The quantitative estimate of drug-likeness (QED) is 0.445. The third kappa shape index (κ3) is 5.50. The Bertz CT molecular complexity index is 1060. The third-order valence-electron chi connectivity index (χ3n) is 4.75. The van der Waals surface area contributed by atoms with Gasteiger partial charge in [0.15, 0.2) is 12.4 Å². The van der Waals surface area contributed by atoms with Gasteiger partial charge in [0.25, 0.3) is 5.91 Å². The molecule has 0 saturated heterocycles. The highest BCUT2D eigenvalue weighted by Gasteiger charge is 2.15. The average molecular weight is 407 g/mol. The molecule has 3 aromatic carbocycles. The van der Waals surface area contributed by atoms with Crippen LogP contribution < -0.4 is 5.32 Å². The number of ketones is 1. The fraction of sp³-hybridized carbons (Fsp3) is 0.208. The zero-order valence-electron chi connectivity index (χ0n) is 16.6. The van der Waals surface area contributed by atoms with Gasteiger partial charge in [-0.05, 0) is 47.5 Å². The first-order chi connectivity index (χ1) is 14.4. The molecule has 0 bridgehead atoms. The van der Waals surface area contributed by atoms with Crippen LogP contribution >= 0.6 is 0 Å². The first-order valence-electron chi connectivity index (χ1n) is 9.65. The summed E-state index contributed by atoms with van der Waals surface area (Å²) in [5.41, 5.74) is 1.29. The van der Waals surface area contributed by atoms with Crippen molar-refractivity contribution in [3.8, 4) is 0 Å². The largest absolute Gasteiger partial charge is 0.456 e. The summed E-state index contributed by atoms with van der Waals surface area (Å²) in [6, 6.07) is 18.6. The topological polar surface area (TPSA) is 72.5 Å². The van der Waals surface area contributed by atoms with Crippen molar-refractivity contribution in [3.63, 3.8) is 0 Å². The minimum Gasteiger partial charge on any atom is -0.456 e. The molecule has 3 rings (SSSR count). The molecule has 6 heteroatoms. The van der Waals surface area contributed by atoms with Crippen molar-refractivity contribution in [2.24, 2.45) is 0 Å². The van der Waals surface area contributed by atoms with Gasteiger partial charge >= 0.3 is 5.97 Å². The van der Waals surface area contributed by atoms with Gasteiger partial charge in [-0.25, -0.2) is 4.39 Å². The number of esters is 1. The lowest BCUT2D eigenvalue weighted by Crippen LogP contribution is -2.31. The second-order valence-electron chi connectivity index (χ2n) is 6.95. The number of Topliss-reactive ketones (excluding diaryl/α,β-unsaturated/α-hetero) is 1. The smallest absolute Gasteiger partial charge is 0.306 e. The Morgan fingerprint density at radius 2 is 1.63 bits per heavy atom. The number of hydrogen-bond acceptors (Lipinski definition) is 4. The van der Waals surface area contributed by atoms with E-state index in [2.05, 4.69) is 5.32 Å². The van der Waals surface area contributed by atoms with E-state index in [4.69, 9.17) is 4.74 Å². The molecular formula is C24H22FNO4. The summed E-state index contributed by atoms with van der Waals surface area (Å²) < 4.78 is 17.9. The van der Waals surface area contributed by atoms with Crippen molar-refractivity contribution in [2.45, 2.75) is 25.8 Å². The number of halogens is 1. The Balaban J connectivity index is 1.46. The van der Waals surface area contributed by atoms with Crippen LogP contribution in [-0.2, 0) is 14.3 Å². The van der Waals surface area contributed by atoms with E-state index in [9.17, 15) is 18.8 Å². The van der Waals surface area contributed by atoms with Gasteiger partial charge in [0.1, 0.15) is 5.82 Å². The molecule has 5 nitrogen and oxygen atoms in total. The summed E-state index contributed by atoms with van der Waals surface area (Å²) in [5.74, 6) is -1.79. The Morgan fingerprint density at radius 3 is 2.40 bits per heavy atom. The predicted octanol–water partition coefficient (Wildman–Crippen LogP) is 4.36. The minimum absolute atomic E-state index is 0.0709. The number of carbonyl (C=O) groups excluding carboxylic acids is 3. The first-order valence-corrected chi connectivity index (χ1v) is 9.65. The molecule has 0 aliphatic rings. The molecule has 0 aliphatic carbocycles. The average Bonchev–Trinajstić information content (AvgIpc) is 2.76. The van der Waals surface area contributed by atoms with Crippen LogP contribution in [0.5, 0.6) is 0 Å². The molecular weight excluding hydrogens is 385 g/mol. The van der Waals surface area contributed by atoms with Gasteiger partial charge in [-0.3, -0.25) is 14.4 Å². The second kappa shape index (κ2) is 9.78. The van der Waals surface area contributed by atoms with Crippen LogP contribution in [0.4, 0.5) is 4.39 Å². The molecule has 0 fully saturated rings. The SMILES string of the molecule is C[C@@H](NC(=O)COC(=O)CCC(=O)c1ccc(F)cc1)c1cccc2ccccc12. The maximum Gasteiger partial charge on any atom is 0.306 e. The Hall–Kier alpha value is -3.54. The molecule has 3 aromatic rings. The van der Waals surface area contributed by atoms with Gasteiger partial charge < -0.3 is 10.1 Å². The summed E-state index contributed by atoms with van der Waals surface area (Å²) in [7, 11) is 0. The van der Waals surface area contributed by atoms with Crippen molar-refractivity contribution < 1.29 is 23.5 Å². The molecule has 0 saturated carbocycles. The van der Waals surface area contributed by atoms with Crippen LogP contribution in [0.25, 0.3) is 10.8 Å². The molecule has 0 heterocycles. The molecule has 1 atom stereocenters. The van der Waals surface area contributed by atoms with Crippen LogP contribution in [0.1, 0.15) is 41.7 Å². The number of fused-ring (bicyclic) bond motifs is 1. The van der Waals surface area contributed by atoms with Gasteiger partial charge in [0.2, 0.25) is 0 Å². The van der Waals surface area contributed by atoms with E-state index in [1.54, 1.807) is 0 Å². The standard InChI is InChI=1S/C24H22FNO4/c1-16(20-8-4-6-17-5-2-3-7-21(17)20)26-23(28)15-30-24(29)14-13-22(27)18-9-11-19(25)12-10-18/h2-12,16H,13-15H2,1H3,(H,26,28)/t16-/m1/s1. The van der Waals surface area contributed by atoms with E-state index >= 15 is 0 Å². The molecule has 1 amide bonds. The summed E-state index contributed by atoms with van der Waals surface area (Å²) in [4.78, 5) is 36.0. The van der Waals surface area contributed by atoms with E-state index in [-0.39, 0.29) is 24.7 Å². The molecule has 0 aromatic heterocycles. The zero-order valence-corrected chi connectivity index (χ0v) is 16.6. The van der Waals surface area contributed by atoms with Crippen LogP contribution in [0, 0.1) is 5.82 Å². The highest BCUT2D eigenvalue weighted by atomic mass is 19.1. The van der Waals surface area contributed by atoms with Crippen LogP contribution in [0.2, 0.25) is 0 Å². The Morgan fingerprint density at radius 1 is 0.933 bits per heavy atom. The summed E-state index contributed by atoms with van der Waals surface area (Å²) in [6.07, 6.45) is -0.221. The van der Waals surface area contributed by atoms with Crippen LogP contribution in [-0.4, -0.2) is 24.3 Å². The summed E-state index contributed by atoms with van der Waals surface area (Å²) >= 11 is 0. The van der Waals surface area contributed by atoms with E-state index in [1.165, 1.54) is 24.3 Å². The first kappa shape index (κ1) is 21.2. The van der Waals surface area contributed by atoms with Gasteiger partial charge in [-0.15, -0.1) is 0 Å². The van der Waals surface area contributed by atoms with Crippen LogP contribution in [0.15, 0.2) is 66.7 Å². The van der Waals surface area contributed by atoms with Crippen molar-refractivity contribution >= 4 is 28.4 Å². The fourth-order valence-corrected chi connectivity index (χ4v) is 3.20. The number of amides is 1. The van der Waals surface area contributed by atoms with Crippen molar-refractivity contribution in [1.29, 1.82) is 0 Å². The molecule has 0 aliphatic heterocycles. The van der Waals surface area contributed by atoms with E-state index in [0.717, 1.165) is 16.3 Å².